The topological polar surface area (TPSA) is 64.2 Å². The first-order valence-corrected chi connectivity index (χ1v) is 9.52. The molecule has 0 aliphatic rings. The second-order valence-electron chi connectivity index (χ2n) is 7.69. The fourth-order valence-electron chi connectivity index (χ4n) is 3.81. The van der Waals surface area contributed by atoms with Crippen molar-refractivity contribution in [3.63, 3.8) is 0 Å². The molecule has 6 nitrogen and oxygen atoms in total. The first kappa shape index (κ1) is 18.4. The molecule has 0 fully saturated rings. The van der Waals surface area contributed by atoms with Gasteiger partial charge in [-0.2, -0.15) is 0 Å². The average molecular weight is 375 g/mol. The van der Waals surface area contributed by atoms with Gasteiger partial charge in [0.25, 0.3) is 5.56 Å². The highest BCUT2D eigenvalue weighted by Crippen LogP contribution is 2.23. The minimum Gasteiger partial charge on any atom is -0.330 e. The van der Waals surface area contributed by atoms with Crippen LogP contribution in [0.15, 0.2) is 53.5 Å². The smallest absolute Gasteiger partial charge is 0.261 e. The first-order valence-electron chi connectivity index (χ1n) is 9.52. The monoisotopic (exact) mass is 375 g/mol. The summed E-state index contributed by atoms with van der Waals surface area (Å²) in [7, 11) is 2.04. The van der Waals surface area contributed by atoms with Crippen LogP contribution in [0.2, 0.25) is 0 Å². The van der Waals surface area contributed by atoms with Gasteiger partial charge in [-0.15, -0.1) is 0 Å². The van der Waals surface area contributed by atoms with Crippen molar-refractivity contribution < 1.29 is 0 Å². The fourth-order valence-corrected chi connectivity index (χ4v) is 3.81. The molecule has 0 spiro atoms. The van der Waals surface area contributed by atoms with Crippen molar-refractivity contribution in [3.8, 4) is 0 Å². The molecule has 0 aliphatic carbocycles. The molecule has 1 aromatic carbocycles. The Labute approximate surface area is 163 Å². The molecule has 1 N–H and O–H groups in total. The van der Waals surface area contributed by atoms with E-state index in [1.165, 1.54) is 0 Å². The minimum atomic E-state index is -0.331. The molecule has 28 heavy (non-hydrogen) atoms. The van der Waals surface area contributed by atoms with Crippen molar-refractivity contribution in [2.75, 3.05) is 6.54 Å². The summed E-state index contributed by atoms with van der Waals surface area (Å²) in [6.07, 6.45) is 2.38. The number of aryl methyl sites for hydroxylation is 2. The lowest BCUT2D eigenvalue weighted by Gasteiger charge is -2.26. The zero-order valence-corrected chi connectivity index (χ0v) is 16.7. The average Bonchev–Trinajstić information content (AvgIpc) is 3.02. The predicted octanol–water partition coefficient (Wildman–Crippen LogP) is 2.96. The second-order valence-corrected chi connectivity index (χ2v) is 7.69. The van der Waals surface area contributed by atoms with Gasteiger partial charge in [-0.3, -0.25) is 9.20 Å². The summed E-state index contributed by atoms with van der Waals surface area (Å²) in [5.41, 5.74) is 3.99. The highest BCUT2D eigenvalue weighted by molar-refractivity contribution is 5.76. The van der Waals surface area contributed by atoms with Gasteiger partial charge in [0.1, 0.15) is 11.5 Å². The van der Waals surface area contributed by atoms with E-state index in [0.717, 1.165) is 28.1 Å². The lowest BCUT2D eigenvalue weighted by atomic mass is 10.0. The number of hydrogen-bond donors (Lipinski definition) is 1. The van der Waals surface area contributed by atoms with E-state index in [0.29, 0.717) is 18.6 Å². The third-order valence-electron chi connectivity index (χ3n) is 5.32. The van der Waals surface area contributed by atoms with Crippen molar-refractivity contribution in [2.24, 2.45) is 7.05 Å². The SMILES string of the molecule is Cc1nc2ccccn2c(=O)c1CCNC(C)(C)c1nc2ccccc2n1C. The molecule has 0 saturated heterocycles. The van der Waals surface area contributed by atoms with Crippen LogP contribution >= 0.6 is 0 Å². The van der Waals surface area contributed by atoms with Crippen LogP contribution in [0, 0.1) is 6.92 Å². The molecular weight excluding hydrogens is 350 g/mol. The van der Waals surface area contributed by atoms with Gasteiger partial charge in [-0.05, 0) is 51.5 Å². The molecule has 3 aromatic heterocycles. The van der Waals surface area contributed by atoms with Crippen molar-refractivity contribution in [3.05, 3.63) is 76.1 Å². The van der Waals surface area contributed by atoms with Gasteiger partial charge >= 0.3 is 0 Å². The predicted molar refractivity (Wildman–Crippen MR) is 112 cm³/mol. The van der Waals surface area contributed by atoms with Crippen molar-refractivity contribution in [1.29, 1.82) is 0 Å². The molecule has 0 bridgehead atoms. The third-order valence-corrected chi connectivity index (χ3v) is 5.32. The zero-order chi connectivity index (χ0) is 19.9. The van der Waals surface area contributed by atoms with Gasteiger partial charge < -0.3 is 9.88 Å². The summed E-state index contributed by atoms with van der Waals surface area (Å²) in [4.78, 5) is 22.2. The molecule has 6 heteroatoms. The van der Waals surface area contributed by atoms with Crippen LogP contribution in [0.5, 0.6) is 0 Å². The van der Waals surface area contributed by atoms with Crippen LogP contribution in [0.3, 0.4) is 0 Å². The molecule has 0 amide bonds. The Morgan fingerprint density at radius 2 is 1.82 bits per heavy atom. The van der Waals surface area contributed by atoms with Gasteiger partial charge in [-0.25, -0.2) is 9.97 Å². The molecule has 4 rings (SSSR count). The van der Waals surface area contributed by atoms with Crippen molar-refractivity contribution in [1.82, 2.24) is 24.3 Å². The number of pyridine rings is 1. The molecule has 3 heterocycles. The summed E-state index contributed by atoms with van der Waals surface area (Å²) >= 11 is 0. The van der Waals surface area contributed by atoms with Gasteiger partial charge in [-0.1, -0.05) is 18.2 Å². The van der Waals surface area contributed by atoms with Crippen LogP contribution in [0.25, 0.3) is 16.7 Å². The van der Waals surface area contributed by atoms with E-state index in [-0.39, 0.29) is 11.1 Å². The Morgan fingerprint density at radius 3 is 2.61 bits per heavy atom. The second kappa shape index (κ2) is 6.87. The molecular formula is C22H25N5O. The van der Waals surface area contributed by atoms with E-state index in [1.54, 1.807) is 10.6 Å². The van der Waals surface area contributed by atoms with Crippen molar-refractivity contribution in [2.45, 2.75) is 32.7 Å². The zero-order valence-electron chi connectivity index (χ0n) is 16.7. The number of fused-ring (bicyclic) bond motifs is 2. The number of nitrogens with zero attached hydrogens (tertiary/aromatic N) is 4. The standard InChI is InChI=1S/C22H25N5O/c1-15-16(20(28)27-14-8-7-11-19(27)24-15)12-13-23-22(2,3)21-25-17-9-5-6-10-18(17)26(21)4/h5-11,14,23H,12-13H2,1-4H3. The third kappa shape index (κ3) is 3.10. The first-order chi connectivity index (χ1) is 13.4. The van der Waals surface area contributed by atoms with E-state index in [9.17, 15) is 4.79 Å². The number of imidazole rings is 1. The summed E-state index contributed by atoms with van der Waals surface area (Å²) in [5, 5.41) is 3.57. The Kier molecular flexibility index (Phi) is 4.51. The lowest BCUT2D eigenvalue weighted by Crippen LogP contribution is -2.40. The molecule has 4 aromatic rings. The maximum atomic E-state index is 12.8. The van der Waals surface area contributed by atoms with E-state index in [4.69, 9.17) is 4.98 Å². The van der Waals surface area contributed by atoms with E-state index in [1.807, 2.05) is 50.4 Å². The highest BCUT2D eigenvalue weighted by Gasteiger charge is 2.26. The van der Waals surface area contributed by atoms with Crippen LogP contribution in [-0.2, 0) is 19.0 Å². The largest absolute Gasteiger partial charge is 0.330 e. The van der Waals surface area contributed by atoms with Gasteiger partial charge in [0, 0.05) is 31.0 Å². The number of benzene rings is 1. The number of para-hydroxylation sites is 2. The Balaban J connectivity index is 1.57. The van der Waals surface area contributed by atoms with E-state index >= 15 is 0 Å². The molecule has 0 unspecified atom stereocenters. The van der Waals surface area contributed by atoms with Crippen LogP contribution in [0.4, 0.5) is 0 Å². The van der Waals surface area contributed by atoms with Crippen molar-refractivity contribution >= 4 is 16.7 Å². The molecule has 0 atom stereocenters. The molecule has 0 radical (unpaired) electrons. The highest BCUT2D eigenvalue weighted by atomic mass is 16.1. The van der Waals surface area contributed by atoms with Crippen LogP contribution < -0.4 is 10.9 Å². The summed E-state index contributed by atoms with van der Waals surface area (Å²) < 4.78 is 3.74. The summed E-state index contributed by atoms with van der Waals surface area (Å²) in [5.74, 6) is 0.971. The Morgan fingerprint density at radius 1 is 1.07 bits per heavy atom. The fraction of sp³-hybridized carbons (Fsp3) is 0.318. The molecule has 0 aliphatic heterocycles. The number of rotatable bonds is 5. The Bertz CT molecular complexity index is 1220. The summed E-state index contributed by atoms with van der Waals surface area (Å²) in [6, 6.07) is 13.7. The lowest BCUT2D eigenvalue weighted by molar-refractivity contribution is 0.375. The Hall–Kier alpha value is -2.99. The minimum absolute atomic E-state index is 0.00503. The van der Waals surface area contributed by atoms with E-state index in [2.05, 4.69) is 34.8 Å². The number of nitrogens with one attached hydrogen (secondary N) is 1. The molecule has 0 saturated carbocycles. The van der Waals surface area contributed by atoms with Crippen LogP contribution in [-0.4, -0.2) is 25.5 Å². The number of hydrogen-bond acceptors (Lipinski definition) is 4. The van der Waals surface area contributed by atoms with Gasteiger partial charge in [0.05, 0.1) is 16.6 Å². The quantitative estimate of drug-likeness (QED) is 0.582. The maximum absolute atomic E-state index is 12.8. The molecule has 144 valence electrons. The normalized spacial score (nSPS) is 12.1. The van der Waals surface area contributed by atoms with E-state index < -0.39 is 0 Å². The maximum Gasteiger partial charge on any atom is 0.261 e. The van der Waals surface area contributed by atoms with Gasteiger partial charge in [0.15, 0.2) is 0 Å². The van der Waals surface area contributed by atoms with Crippen LogP contribution in [0.1, 0.15) is 30.9 Å². The number of aromatic nitrogens is 4. The van der Waals surface area contributed by atoms with Gasteiger partial charge in [0.2, 0.25) is 0 Å². The summed E-state index contributed by atoms with van der Waals surface area (Å²) in [6.45, 7) is 6.80.